The van der Waals surface area contributed by atoms with Gasteiger partial charge in [0.1, 0.15) is 14.7 Å². The molecule has 0 bridgehead atoms. The van der Waals surface area contributed by atoms with E-state index in [2.05, 4.69) is 62.1 Å². The summed E-state index contributed by atoms with van der Waals surface area (Å²) >= 11 is 6.52. The maximum atomic E-state index is 8.78. The third-order valence-electron chi connectivity index (χ3n) is 4.32. The van der Waals surface area contributed by atoms with E-state index in [4.69, 9.17) is 9.53 Å². The quantitative estimate of drug-likeness (QED) is 0.159. The lowest BCUT2D eigenvalue weighted by molar-refractivity contribution is 0.288. The number of fused-ring (bicyclic) bond motifs is 2. The average molecular weight is 598 g/mol. The minimum atomic E-state index is -1.25. The number of aromatic nitrogens is 6. The summed E-state index contributed by atoms with van der Waals surface area (Å²) in [6.07, 6.45) is 18.5. The van der Waals surface area contributed by atoms with Crippen LogP contribution in [0.15, 0.2) is 64.5 Å². The minimum absolute atomic E-state index is 0.207. The van der Waals surface area contributed by atoms with Gasteiger partial charge in [0.05, 0.1) is 12.3 Å². The monoisotopic (exact) mass is 596 g/mol. The maximum Gasteiger partial charge on any atom is 0.184 e. The van der Waals surface area contributed by atoms with Crippen molar-refractivity contribution in [2.75, 3.05) is 25.7 Å². The molecule has 8 nitrogen and oxygen atoms in total. The number of rotatable bonds is 8. The van der Waals surface area contributed by atoms with Crippen molar-refractivity contribution in [2.24, 2.45) is 0 Å². The predicted molar refractivity (Wildman–Crippen MR) is 152 cm³/mol. The van der Waals surface area contributed by atoms with Crippen molar-refractivity contribution in [2.45, 2.75) is 42.5 Å². The van der Waals surface area contributed by atoms with Crippen molar-refractivity contribution in [3.63, 3.8) is 0 Å². The fourth-order valence-electron chi connectivity index (χ4n) is 2.79. The molecule has 1 N–H and O–H groups in total. The average Bonchev–Trinajstić information content (AvgIpc) is 3.50. The van der Waals surface area contributed by atoms with Gasteiger partial charge in [-0.15, -0.1) is 30.1 Å². The third kappa shape index (κ3) is 9.70. The number of hydrogen-bond acceptors (Lipinski definition) is 8. The Morgan fingerprint density at radius 2 is 1.60 bits per heavy atom. The van der Waals surface area contributed by atoms with Crippen LogP contribution in [0.25, 0.3) is 11.3 Å². The summed E-state index contributed by atoms with van der Waals surface area (Å²) in [5, 5.41) is 10.7. The number of thioether (sulfide) groups is 2. The molecule has 0 aliphatic rings. The highest BCUT2D eigenvalue weighted by Gasteiger charge is 2.11. The molecule has 4 rings (SSSR count). The number of hydrogen-bond donors (Lipinski definition) is 1. The highest BCUT2D eigenvalue weighted by atomic mass is 79.9. The molecule has 0 aliphatic carbocycles. The number of aryl methyl sites for hydroxylation is 1. The molecule has 4 aromatic rings. The van der Waals surface area contributed by atoms with Crippen LogP contribution in [0.4, 0.5) is 0 Å². The van der Waals surface area contributed by atoms with E-state index in [0.717, 1.165) is 44.5 Å². The van der Waals surface area contributed by atoms with E-state index in [1.54, 1.807) is 42.0 Å². The first-order valence-corrected chi connectivity index (χ1v) is 17.6. The topological polar surface area (TPSA) is 89.8 Å². The zero-order valence-corrected chi connectivity index (χ0v) is 25.0. The van der Waals surface area contributed by atoms with Crippen LogP contribution in [-0.2, 0) is 10.8 Å². The molecular weight excluding hydrogens is 564 g/mol. The van der Waals surface area contributed by atoms with E-state index in [-0.39, 0.29) is 6.61 Å². The van der Waals surface area contributed by atoms with Crippen LogP contribution in [0.5, 0.6) is 0 Å². The fourth-order valence-corrected chi connectivity index (χ4v) is 5.00. The molecule has 190 valence electrons. The molecule has 0 radical (unpaired) electrons. The van der Waals surface area contributed by atoms with Gasteiger partial charge in [0.15, 0.2) is 19.6 Å². The van der Waals surface area contributed by atoms with E-state index in [1.165, 1.54) is 0 Å². The summed E-state index contributed by atoms with van der Waals surface area (Å²) < 4.78 is 10.2. The van der Waals surface area contributed by atoms with Gasteiger partial charge in [0.25, 0.3) is 0 Å². The second-order valence-electron chi connectivity index (χ2n) is 8.17. The van der Waals surface area contributed by atoms with Gasteiger partial charge < -0.3 is 18.3 Å². The van der Waals surface area contributed by atoms with Crippen molar-refractivity contribution in [3.05, 3.63) is 60.1 Å². The highest BCUT2D eigenvalue weighted by Crippen LogP contribution is 2.20. The minimum Gasteiger partial charge on any atom is -0.414 e. The number of imidazole rings is 2. The molecule has 4 heterocycles. The van der Waals surface area contributed by atoms with Crippen LogP contribution < -0.4 is 0 Å². The Bertz CT molecular complexity index is 1210. The van der Waals surface area contributed by atoms with Crippen LogP contribution in [0.1, 0.15) is 12.1 Å². The summed E-state index contributed by atoms with van der Waals surface area (Å²) in [6, 6.07) is 0. The number of aliphatic hydroxyl groups excluding tert-OH is 1. The lowest BCUT2D eigenvalue weighted by Gasteiger charge is -2.14. The molecule has 0 spiro atoms. The third-order valence-corrected chi connectivity index (χ3v) is 7.05. The van der Waals surface area contributed by atoms with Gasteiger partial charge in [-0.2, -0.15) is 0 Å². The Morgan fingerprint density at radius 1 is 1.03 bits per heavy atom. The molecule has 4 aromatic heterocycles. The van der Waals surface area contributed by atoms with Gasteiger partial charge in [-0.3, -0.25) is 0 Å². The maximum absolute atomic E-state index is 8.78. The molecule has 0 saturated carbocycles. The highest BCUT2D eigenvalue weighted by molar-refractivity contribution is 9.10. The molecule has 0 atom stereocenters. The number of halogens is 1. The second kappa shape index (κ2) is 14.8. The largest absolute Gasteiger partial charge is 0.414 e. The van der Waals surface area contributed by atoms with E-state index < -0.39 is 8.32 Å². The Kier molecular flexibility index (Phi) is 12.5. The molecule has 0 unspecified atom stereocenters. The normalized spacial score (nSPS) is 11.1. The van der Waals surface area contributed by atoms with Gasteiger partial charge in [-0.05, 0) is 60.9 Å². The molecular formula is C23H33BrN6O2S2Si. The second-order valence-corrected chi connectivity index (χ2v) is 15.1. The van der Waals surface area contributed by atoms with E-state index in [1.807, 2.05) is 46.1 Å². The summed E-state index contributed by atoms with van der Waals surface area (Å²) in [5.41, 5.74) is 2.81. The zero-order chi connectivity index (χ0) is 25.8. The lowest BCUT2D eigenvalue weighted by atomic mass is 10.2. The van der Waals surface area contributed by atoms with Gasteiger partial charge in [0, 0.05) is 43.8 Å². The number of nitrogens with zero attached hydrogens (tertiary/aromatic N) is 6. The molecule has 0 amide bonds. The van der Waals surface area contributed by atoms with Gasteiger partial charge in [-0.1, -0.05) is 6.08 Å². The molecule has 12 heteroatoms. The first kappa shape index (κ1) is 29.5. The molecule has 0 saturated heterocycles. The smallest absolute Gasteiger partial charge is 0.184 e. The zero-order valence-electron chi connectivity index (χ0n) is 20.8. The predicted octanol–water partition coefficient (Wildman–Crippen LogP) is 5.61. The Hall–Kier alpha value is -1.70. The van der Waals surface area contributed by atoms with Crippen LogP contribution >= 0.6 is 39.5 Å². The van der Waals surface area contributed by atoms with Crippen LogP contribution in [0, 0.1) is 0 Å². The van der Waals surface area contributed by atoms with Crippen molar-refractivity contribution in [3.8, 4) is 0 Å². The summed E-state index contributed by atoms with van der Waals surface area (Å²) in [6.45, 7) is 11.0. The Morgan fingerprint density at radius 3 is 2.09 bits per heavy atom. The standard InChI is InChI=1S/C10H13N3OS.C7H6BrN3S.C6H14OSi/c1-15-10-9-11-4-5-13(9)7-8(12-10)3-2-6-14;1-12-7-6-9-2-3-11(6)4-5(8)10-7;1-5-6-7-8(2,3)4/h4-5,7,14H,2-3,6H2,1H3;2-4H,1H3;5H,1,6H2,2-4H3. The van der Waals surface area contributed by atoms with E-state index >= 15 is 0 Å². The van der Waals surface area contributed by atoms with Crippen LogP contribution in [0.2, 0.25) is 19.6 Å². The molecule has 0 aliphatic heterocycles. The molecule has 0 aromatic carbocycles. The Labute approximate surface area is 224 Å². The summed E-state index contributed by atoms with van der Waals surface area (Å²) in [4.78, 5) is 17.2. The van der Waals surface area contributed by atoms with Gasteiger partial charge in [0.2, 0.25) is 0 Å². The van der Waals surface area contributed by atoms with E-state index in [0.29, 0.717) is 6.61 Å². The SMILES string of the molecule is C=CCO[Si](C)(C)C.CSc1nc(Br)cn2ccnc12.CSc1nc(CCCO)cn2ccnc12. The van der Waals surface area contributed by atoms with Crippen molar-refractivity contribution < 1.29 is 9.53 Å². The molecule has 35 heavy (non-hydrogen) atoms. The first-order valence-electron chi connectivity index (χ1n) is 11.0. The van der Waals surface area contributed by atoms with Crippen molar-refractivity contribution >= 4 is 59.1 Å². The summed E-state index contributed by atoms with van der Waals surface area (Å²) in [7, 11) is -1.25. The van der Waals surface area contributed by atoms with Crippen molar-refractivity contribution in [1.29, 1.82) is 0 Å². The van der Waals surface area contributed by atoms with Crippen LogP contribution in [-0.4, -0.2) is 67.9 Å². The number of aliphatic hydroxyl groups is 1. The lowest BCUT2D eigenvalue weighted by Crippen LogP contribution is -2.24. The van der Waals surface area contributed by atoms with E-state index in [9.17, 15) is 0 Å². The first-order chi connectivity index (χ1) is 16.7. The Balaban J connectivity index is 0.000000195. The van der Waals surface area contributed by atoms with Gasteiger partial charge in [-0.25, -0.2) is 19.9 Å². The van der Waals surface area contributed by atoms with Crippen LogP contribution in [0.3, 0.4) is 0 Å². The molecule has 0 fully saturated rings. The fraction of sp³-hybridized carbons (Fsp3) is 0.391. The van der Waals surface area contributed by atoms with Crippen molar-refractivity contribution in [1.82, 2.24) is 28.7 Å². The van der Waals surface area contributed by atoms with Gasteiger partial charge >= 0.3 is 0 Å². The summed E-state index contributed by atoms with van der Waals surface area (Å²) in [5.74, 6) is 0.